The Morgan fingerprint density at radius 3 is 2.61 bits per heavy atom. The number of rotatable bonds is 7. The Kier molecular flexibility index (Phi) is 5.78. The molecule has 0 spiro atoms. The summed E-state index contributed by atoms with van der Waals surface area (Å²) < 4.78 is 25.9. The molecular weight excluding hydrogens is 268 g/mol. The number of nitrogens with zero attached hydrogens (tertiary/aromatic N) is 1. The summed E-state index contributed by atoms with van der Waals surface area (Å²) in [5.74, 6) is 0. The zero-order chi connectivity index (χ0) is 13.8. The quantitative estimate of drug-likeness (QED) is 0.783. The lowest BCUT2D eigenvalue weighted by Crippen LogP contribution is -2.26. The van der Waals surface area contributed by atoms with Gasteiger partial charge in [-0.25, -0.2) is 12.7 Å². The van der Waals surface area contributed by atoms with E-state index in [4.69, 9.17) is 0 Å². The molecule has 0 saturated carbocycles. The molecule has 1 heterocycles. The van der Waals surface area contributed by atoms with Crippen molar-refractivity contribution in [2.45, 2.75) is 38.6 Å². The molecule has 0 radical (unpaired) electrons. The second kappa shape index (κ2) is 6.65. The van der Waals surface area contributed by atoms with Crippen LogP contribution in [0.4, 0.5) is 0 Å². The molecule has 0 aromatic carbocycles. The van der Waals surface area contributed by atoms with E-state index in [1.165, 1.54) is 4.31 Å². The van der Waals surface area contributed by atoms with E-state index in [1.54, 1.807) is 24.5 Å². The summed E-state index contributed by atoms with van der Waals surface area (Å²) >= 11 is 1.55. The molecule has 1 aromatic rings. The van der Waals surface area contributed by atoms with E-state index in [9.17, 15) is 8.42 Å². The van der Waals surface area contributed by atoms with E-state index in [-0.39, 0.29) is 0 Å². The number of hydrogen-bond acceptors (Lipinski definition) is 4. The van der Waals surface area contributed by atoms with Crippen molar-refractivity contribution in [3.8, 4) is 0 Å². The zero-order valence-electron chi connectivity index (χ0n) is 11.5. The third-order valence-corrected chi connectivity index (χ3v) is 6.02. The highest BCUT2D eigenvalue weighted by Crippen LogP contribution is 2.27. The maximum absolute atomic E-state index is 12.2. The predicted octanol–water partition coefficient (Wildman–Crippen LogP) is 2.20. The van der Waals surface area contributed by atoms with Crippen LogP contribution in [-0.4, -0.2) is 32.9 Å². The SMILES string of the molecule is CCCNCc1cc(S(=O)(=O)N(C)CC)c(C)s1. The Bertz CT molecular complexity index is 480. The average Bonchev–Trinajstić information content (AvgIpc) is 2.70. The molecule has 0 aliphatic rings. The molecule has 0 saturated heterocycles. The number of hydrogen-bond donors (Lipinski definition) is 1. The fraction of sp³-hybridized carbons (Fsp3) is 0.667. The maximum atomic E-state index is 12.2. The molecule has 0 aliphatic heterocycles. The van der Waals surface area contributed by atoms with Gasteiger partial charge in [-0.2, -0.15) is 0 Å². The van der Waals surface area contributed by atoms with Crippen LogP contribution in [0.15, 0.2) is 11.0 Å². The van der Waals surface area contributed by atoms with Gasteiger partial charge in [-0.1, -0.05) is 13.8 Å². The van der Waals surface area contributed by atoms with Crippen LogP contribution in [0, 0.1) is 6.92 Å². The number of nitrogens with one attached hydrogen (secondary N) is 1. The van der Waals surface area contributed by atoms with Crippen molar-refractivity contribution in [3.05, 3.63) is 15.8 Å². The van der Waals surface area contributed by atoms with Gasteiger partial charge in [0.2, 0.25) is 10.0 Å². The smallest absolute Gasteiger partial charge is 0.243 e. The van der Waals surface area contributed by atoms with Crippen molar-refractivity contribution in [2.75, 3.05) is 20.1 Å². The molecule has 0 aliphatic carbocycles. The van der Waals surface area contributed by atoms with Crippen molar-refractivity contribution in [3.63, 3.8) is 0 Å². The van der Waals surface area contributed by atoms with Crippen LogP contribution in [0.1, 0.15) is 30.0 Å². The van der Waals surface area contributed by atoms with E-state index in [0.717, 1.165) is 29.3 Å². The highest BCUT2D eigenvalue weighted by Gasteiger charge is 2.23. The Labute approximate surface area is 114 Å². The van der Waals surface area contributed by atoms with Gasteiger partial charge >= 0.3 is 0 Å². The van der Waals surface area contributed by atoms with Crippen molar-refractivity contribution in [2.24, 2.45) is 0 Å². The number of thiophene rings is 1. The predicted molar refractivity (Wildman–Crippen MR) is 76.5 cm³/mol. The fourth-order valence-electron chi connectivity index (χ4n) is 1.59. The van der Waals surface area contributed by atoms with Gasteiger partial charge in [0.1, 0.15) is 0 Å². The fourth-order valence-corrected chi connectivity index (χ4v) is 4.34. The van der Waals surface area contributed by atoms with Crippen molar-refractivity contribution >= 4 is 21.4 Å². The van der Waals surface area contributed by atoms with Crippen LogP contribution in [0.25, 0.3) is 0 Å². The molecular formula is C12H22N2O2S2. The molecule has 1 rings (SSSR count). The lowest BCUT2D eigenvalue weighted by atomic mass is 10.4. The first-order valence-electron chi connectivity index (χ1n) is 6.19. The molecule has 0 atom stereocenters. The summed E-state index contributed by atoms with van der Waals surface area (Å²) in [6.45, 7) is 7.99. The van der Waals surface area contributed by atoms with E-state index < -0.39 is 10.0 Å². The van der Waals surface area contributed by atoms with Gasteiger partial charge < -0.3 is 5.32 Å². The van der Waals surface area contributed by atoms with Crippen molar-refractivity contribution in [1.82, 2.24) is 9.62 Å². The molecule has 1 aromatic heterocycles. The molecule has 104 valence electrons. The zero-order valence-corrected chi connectivity index (χ0v) is 13.1. The van der Waals surface area contributed by atoms with Crippen LogP contribution in [0.2, 0.25) is 0 Å². The molecule has 6 heteroatoms. The summed E-state index contributed by atoms with van der Waals surface area (Å²) in [6, 6.07) is 1.80. The van der Waals surface area contributed by atoms with Crippen LogP contribution in [0.5, 0.6) is 0 Å². The third kappa shape index (κ3) is 3.54. The first-order valence-corrected chi connectivity index (χ1v) is 8.45. The standard InChI is InChI=1S/C12H22N2O2S2/c1-5-7-13-9-11-8-12(10(3)17-11)18(15,16)14(4)6-2/h8,13H,5-7,9H2,1-4H3. The molecule has 0 fully saturated rings. The van der Waals surface area contributed by atoms with E-state index in [0.29, 0.717) is 11.4 Å². The van der Waals surface area contributed by atoms with E-state index >= 15 is 0 Å². The summed E-state index contributed by atoms with van der Waals surface area (Å²) in [5, 5.41) is 3.29. The largest absolute Gasteiger partial charge is 0.312 e. The summed E-state index contributed by atoms with van der Waals surface area (Å²) in [7, 11) is -1.70. The maximum Gasteiger partial charge on any atom is 0.243 e. The summed E-state index contributed by atoms with van der Waals surface area (Å²) in [4.78, 5) is 2.39. The molecule has 4 nitrogen and oxygen atoms in total. The summed E-state index contributed by atoms with van der Waals surface area (Å²) in [5.41, 5.74) is 0. The normalized spacial score (nSPS) is 12.3. The van der Waals surface area contributed by atoms with E-state index in [1.807, 2.05) is 13.8 Å². The minimum absolute atomic E-state index is 0.449. The Morgan fingerprint density at radius 1 is 1.39 bits per heavy atom. The summed E-state index contributed by atoms with van der Waals surface area (Å²) in [6.07, 6.45) is 1.08. The molecule has 18 heavy (non-hydrogen) atoms. The lowest BCUT2D eigenvalue weighted by Gasteiger charge is -2.14. The minimum Gasteiger partial charge on any atom is -0.312 e. The minimum atomic E-state index is -3.31. The number of sulfonamides is 1. The van der Waals surface area contributed by atoms with Gasteiger partial charge in [-0.05, 0) is 26.0 Å². The monoisotopic (exact) mass is 290 g/mol. The third-order valence-electron chi connectivity index (χ3n) is 2.78. The second-order valence-corrected chi connectivity index (χ2v) is 7.58. The Hall–Kier alpha value is -0.430. The van der Waals surface area contributed by atoms with Gasteiger partial charge in [0.25, 0.3) is 0 Å². The Balaban J connectivity index is 2.91. The van der Waals surface area contributed by atoms with Crippen LogP contribution in [0.3, 0.4) is 0 Å². The van der Waals surface area contributed by atoms with Gasteiger partial charge in [-0.15, -0.1) is 11.3 Å². The Morgan fingerprint density at radius 2 is 2.06 bits per heavy atom. The molecule has 0 amide bonds. The van der Waals surface area contributed by atoms with Gasteiger partial charge in [0.05, 0.1) is 4.90 Å². The van der Waals surface area contributed by atoms with Crippen molar-refractivity contribution < 1.29 is 8.42 Å². The van der Waals surface area contributed by atoms with Gasteiger partial charge in [0.15, 0.2) is 0 Å². The second-order valence-electron chi connectivity index (χ2n) is 4.23. The van der Waals surface area contributed by atoms with Crippen LogP contribution < -0.4 is 5.32 Å². The first kappa shape index (κ1) is 15.6. The van der Waals surface area contributed by atoms with Crippen LogP contribution >= 0.6 is 11.3 Å². The molecule has 0 unspecified atom stereocenters. The first-order chi connectivity index (χ1) is 8.43. The van der Waals surface area contributed by atoms with Gasteiger partial charge in [-0.3, -0.25) is 0 Å². The lowest BCUT2D eigenvalue weighted by molar-refractivity contribution is 0.486. The van der Waals surface area contributed by atoms with Crippen LogP contribution in [-0.2, 0) is 16.6 Å². The number of aryl methyl sites for hydroxylation is 1. The van der Waals surface area contributed by atoms with E-state index in [2.05, 4.69) is 12.2 Å². The highest BCUT2D eigenvalue weighted by molar-refractivity contribution is 7.89. The van der Waals surface area contributed by atoms with Gasteiger partial charge in [0, 0.05) is 29.9 Å². The topological polar surface area (TPSA) is 49.4 Å². The average molecular weight is 290 g/mol. The molecule has 0 bridgehead atoms. The highest BCUT2D eigenvalue weighted by atomic mass is 32.2. The van der Waals surface area contributed by atoms with Crippen molar-refractivity contribution in [1.29, 1.82) is 0 Å². The molecule has 1 N–H and O–H groups in total.